The maximum Gasteiger partial charge on any atom is 0.310 e. The SMILES string of the molecule is Cc1c(Br)cccc1-c1nc2cc(COC(=O)C3CCNC3)ncc2o1. The largest absolute Gasteiger partial charge is 0.459 e. The zero-order chi connectivity index (χ0) is 18.1. The van der Waals surface area contributed by atoms with Crippen LogP contribution in [0.2, 0.25) is 0 Å². The van der Waals surface area contributed by atoms with Crippen LogP contribution in [0.4, 0.5) is 0 Å². The van der Waals surface area contributed by atoms with Gasteiger partial charge >= 0.3 is 5.97 Å². The molecule has 0 amide bonds. The number of benzene rings is 1. The Morgan fingerprint density at radius 1 is 1.46 bits per heavy atom. The first-order valence-electron chi connectivity index (χ1n) is 8.50. The molecule has 4 rings (SSSR count). The summed E-state index contributed by atoms with van der Waals surface area (Å²) < 4.78 is 12.2. The van der Waals surface area contributed by atoms with Gasteiger partial charge in [-0.3, -0.25) is 9.78 Å². The summed E-state index contributed by atoms with van der Waals surface area (Å²) in [4.78, 5) is 20.9. The van der Waals surface area contributed by atoms with Crippen LogP contribution in [0, 0.1) is 12.8 Å². The van der Waals surface area contributed by atoms with Crippen LogP contribution in [-0.2, 0) is 16.1 Å². The zero-order valence-corrected chi connectivity index (χ0v) is 15.9. The molecule has 0 radical (unpaired) electrons. The van der Waals surface area contributed by atoms with Gasteiger partial charge in [0.25, 0.3) is 0 Å². The molecule has 1 atom stereocenters. The van der Waals surface area contributed by atoms with Gasteiger partial charge in [0.05, 0.1) is 17.8 Å². The lowest BCUT2D eigenvalue weighted by Crippen LogP contribution is -2.20. The van der Waals surface area contributed by atoms with Crippen molar-refractivity contribution >= 4 is 33.0 Å². The first-order chi connectivity index (χ1) is 12.6. The van der Waals surface area contributed by atoms with Crippen molar-refractivity contribution in [2.45, 2.75) is 20.0 Å². The normalized spacial score (nSPS) is 16.9. The topological polar surface area (TPSA) is 77.2 Å². The van der Waals surface area contributed by atoms with E-state index in [4.69, 9.17) is 9.15 Å². The molecule has 6 nitrogen and oxygen atoms in total. The molecule has 2 aromatic heterocycles. The Bertz CT molecular complexity index is 964. The highest BCUT2D eigenvalue weighted by atomic mass is 79.9. The molecule has 1 aromatic carbocycles. The van der Waals surface area contributed by atoms with Crippen LogP contribution in [0.5, 0.6) is 0 Å². The molecule has 0 saturated carbocycles. The quantitative estimate of drug-likeness (QED) is 0.655. The van der Waals surface area contributed by atoms with E-state index in [2.05, 4.69) is 31.2 Å². The maximum absolute atomic E-state index is 12.0. The van der Waals surface area contributed by atoms with Crippen molar-refractivity contribution in [1.82, 2.24) is 15.3 Å². The third-order valence-electron chi connectivity index (χ3n) is 4.59. The van der Waals surface area contributed by atoms with Gasteiger partial charge in [-0.25, -0.2) is 4.98 Å². The van der Waals surface area contributed by atoms with E-state index in [1.807, 2.05) is 25.1 Å². The molecule has 1 aliphatic heterocycles. The van der Waals surface area contributed by atoms with E-state index in [0.717, 1.165) is 28.6 Å². The van der Waals surface area contributed by atoms with Crippen LogP contribution in [0.25, 0.3) is 22.6 Å². The molecule has 134 valence electrons. The number of aromatic nitrogens is 2. The summed E-state index contributed by atoms with van der Waals surface area (Å²) >= 11 is 3.53. The molecular formula is C19H18BrN3O3. The number of carbonyl (C=O) groups is 1. The Labute approximate surface area is 159 Å². The van der Waals surface area contributed by atoms with Gasteiger partial charge in [0.2, 0.25) is 5.89 Å². The van der Waals surface area contributed by atoms with Gasteiger partial charge in [0.1, 0.15) is 12.1 Å². The number of fused-ring (bicyclic) bond motifs is 1. The van der Waals surface area contributed by atoms with Gasteiger partial charge in [-0.15, -0.1) is 0 Å². The lowest BCUT2D eigenvalue weighted by molar-refractivity contribution is -0.149. The fraction of sp³-hybridized carbons (Fsp3) is 0.316. The second-order valence-corrected chi connectivity index (χ2v) is 7.23. The van der Waals surface area contributed by atoms with E-state index in [1.54, 1.807) is 12.3 Å². The average Bonchev–Trinajstić information content (AvgIpc) is 3.31. The number of esters is 1. The number of nitrogens with zero attached hydrogens (tertiary/aromatic N) is 2. The minimum absolute atomic E-state index is 0.0584. The van der Waals surface area contributed by atoms with Crippen molar-refractivity contribution in [3.05, 3.63) is 46.2 Å². The second-order valence-electron chi connectivity index (χ2n) is 6.37. The van der Waals surface area contributed by atoms with Gasteiger partial charge in [0.15, 0.2) is 5.58 Å². The minimum Gasteiger partial charge on any atom is -0.459 e. The standard InChI is InChI=1S/C19H18BrN3O3/c1-11-14(3-2-4-15(11)20)18-23-16-7-13(22-9-17(16)26-18)10-25-19(24)12-5-6-21-8-12/h2-4,7,9,12,21H,5-6,8,10H2,1H3. The highest BCUT2D eigenvalue weighted by Crippen LogP contribution is 2.30. The number of ether oxygens (including phenoxy) is 1. The Morgan fingerprint density at radius 2 is 2.35 bits per heavy atom. The second kappa shape index (κ2) is 7.17. The van der Waals surface area contributed by atoms with E-state index in [0.29, 0.717) is 29.2 Å². The third kappa shape index (κ3) is 3.37. The average molecular weight is 416 g/mol. The summed E-state index contributed by atoms with van der Waals surface area (Å²) in [6.45, 7) is 3.70. The Morgan fingerprint density at radius 3 is 3.15 bits per heavy atom. The molecule has 1 aliphatic rings. The van der Waals surface area contributed by atoms with Gasteiger partial charge in [0, 0.05) is 16.6 Å². The number of nitrogens with one attached hydrogen (secondary N) is 1. The van der Waals surface area contributed by atoms with E-state index in [1.165, 1.54) is 0 Å². The fourth-order valence-electron chi connectivity index (χ4n) is 3.03. The molecule has 1 unspecified atom stereocenters. The van der Waals surface area contributed by atoms with Crippen LogP contribution in [-0.4, -0.2) is 29.0 Å². The van der Waals surface area contributed by atoms with Crippen molar-refractivity contribution in [2.24, 2.45) is 5.92 Å². The predicted molar refractivity (Wildman–Crippen MR) is 100 cm³/mol. The molecule has 0 spiro atoms. The first-order valence-corrected chi connectivity index (χ1v) is 9.29. The van der Waals surface area contributed by atoms with Crippen LogP contribution in [0.15, 0.2) is 39.4 Å². The molecule has 0 aliphatic carbocycles. The summed E-state index contributed by atoms with van der Waals surface area (Å²) in [7, 11) is 0. The Kier molecular flexibility index (Phi) is 4.74. The number of pyridine rings is 1. The number of carbonyl (C=O) groups excluding carboxylic acids is 1. The maximum atomic E-state index is 12.0. The molecule has 0 bridgehead atoms. The van der Waals surface area contributed by atoms with Crippen LogP contribution < -0.4 is 5.32 Å². The monoisotopic (exact) mass is 415 g/mol. The van der Waals surface area contributed by atoms with Crippen molar-refractivity contribution in [1.29, 1.82) is 0 Å². The van der Waals surface area contributed by atoms with E-state index < -0.39 is 0 Å². The van der Waals surface area contributed by atoms with Crippen molar-refractivity contribution in [3.8, 4) is 11.5 Å². The third-order valence-corrected chi connectivity index (χ3v) is 5.45. The Balaban J connectivity index is 1.54. The van der Waals surface area contributed by atoms with Gasteiger partial charge in [-0.1, -0.05) is 22.0 Å². The minimum atomic E-state index is -0.178. The molecule has 26 heavy (non-hydrogen) atoms. The lowest BCUT2D eigenvalue weighted by Gasteiger charge is -2.08. The lowest BCUT2D eigenvalue weighted by atomic mass is 10.1. The molecule has 3 aromatic rings. The highest BCUT2D eigenvalue weighted by molar-refractivity contribution is 9.10. The van der Waals surface area contributed by atoms with E-state index >= 15 is 0 Å². The summed E-state index contributed by atoms with van der Waals surface area (Å²) in [6.07, 6.45) is 2.45. The number of oxazole rings is 1. The summed E-state index contributed by atoms with van der Waals surface area (Å²) in [5, 5.41) is 3.16. The molecule has 1 N–H and O–H groups in total. The van der Waals surface area contributed by atoms with Crippen LogP contribution >= 0.6 is 15.9 Å². The van der Waals surface area contributed by atoms with E-state index in [9.17, 15) is 4.79 Å². The van der Waals surface area contributed by atoms with Gasteiger partial charge < -0.3 is 14.5 Å². The molecular weight excluding hydrogens is 398 g/mol. The predicted octanol–water partition coefficient (Wildman–Crippen LogP) is 3.61. The summed E-state index contributed by atoms with van der Waals surface area (Å²) in [5.74, 6) is 0.311. The molecule has 3 heterocycles. The van der Waals surface area contributed by atoms with Crippen molar-refractivity contribution in [3.63, 3.8) is 0 Å². The smallest absolute Gasteiger partial charge is 0.310 e. The van der Waals surface area contributed by atoms with Gasteiger partial charge in [-0.05, 0) is 43.7 Å². The van der Waals surface area contributed by atoms with Crippen LogP contribution in [0.1, 0.15) is 17.7 Å². The number of rotatable bonds is 4. The first kappa shape index (κ1) is 17.2. The summed E-state index contributed by atoms with van der Waals surface area (Å²) in [5.41, 5.74) is 3.95. The van der Waals surface area contributed by atoms with Crippen molar-refractivity contribution < 1.29 is 13.9 Å². The van der Waals surface area contributed by atoms with Crippen LogP contribution in [0.3, 0.4) is 0 Å². The number of hydrogen-bond donors (Lipinski definition) is 1. The van der Waals surface area contributed by atoms with Gasteiger partial charge in [-0.2, -0.15) is 0 Å². The molecule has 1 fully saturated rings. The number of halogens is 1. The van der Waals surface area contributed by atoms with E-state index in [-0.39, 0.29) is 18.5 Å². The molecule has 7 heteroatoms. The Hall–Kier alpha value is -2.25. The fourth-order valence-corrected chi connectivity index (χ4v) is 3.39. The number of hydrogen-bond acceptors (Lipinski definition) is 6. The molecule has 1 saturated heterocycles. The highest BCUT2D eigenvalue weighted by Gasteiger charge is 2.24. The zero-order valence-electron chi connectivity index (χ0n) is 14.3. The summed E-state index contributed by atoms with van der Waals surface area (Å²) in [6, 6.07) is 7.70. The van der Waals surface area contributed by atoms with Crippen molar-refractivity contribution in [2.75, 3.05) is 13.1 Å².